The highest BCUT2D eigenvalue weighted by Gasteiger charge is 2.51. The van der Waals surface area contributed by atoms with Crippen LogP contribution in [0.4, 0.5) is 0 Å². The van der Waals surface area contributed by atoms with E-state index in [9.17, 15) is 19.2 Å². The highest BCUT2D eigenvalue weighted by molar-refractivity contribution is 5.95. The third-order valence-electron chi connectivity index (χ3n) is 27.9. The third kappa shape index (κ3) is 17.5. The number of aromatic nitrogens is 16. The number of pyridine rings is 4. The van der Waals surface area contributed by atoms with Crippen molar-refractivity contribution >= 4 is 67.8 Å². The molecule has 0 saturated carbocycles. The maximum absolute atomic E-state index is 13.1. The van der Waals surface area contributed by atoms with Gasteiger partial charge in [-0.2, -0.15) is 20.4 Å². The number of nitrogens with one attached hydrogen (secondary N) is 4. The minimum atomic E-state index is 0.189. The summed E-state index contributed by atoms with van der Waals surface area (Å²) in [6.07, 6.45) is 39.7. The minimum Gasteiger partial charge on any atom is -0.496 e. The maximum Gasteiger partial charge on any atom is 0.254 e. The molecule has 4 aromatic carbocycles. The Balaban J connectivity index is 0.000000107. The van der Waals surface area contributed by atoms with Crippen molar-refractivity contribution in [3.63, 3.8) is 0 Å². The van der Waals surface area contributed by atoms with E-state index in [0.717, 1.165) is 234 Å². The molecule has 0 spiro atoms. The molecule has 0 aliphatic carbocycles. The Morgan fingerprint density at radius 2 is 0.780 bits per heavy atom. The monoisotopic (exact) mass is 1690 g/mol. The van der Waals surface area contributed by atoms with Crippen LogP contribution in [0.2, 0.25) is 0 Å². The molecular weight excluding hydrogens is 1590 g/mol. The van der Waals surface area contributed by atoms with Gasteiger partial charge in [0.25, 0.3) is 5.91 Å². The van der Waals surface area contributed by atoms with Crippen molar-refractivity contribution in [3.05, 3.63) is 285 Å². The predicted octanol–water partition coefficient (Wildman–Crippen LogP) is 17.3. The van der Waals surface area contributed by atoms with Gasteiger partial charge in [-0.05, 0) is 221 Å². The second-order valence-corrected chi connectivity index (χ2v) is 35.4. The number of ether oxygens (including phenoxy) is 1. The molecule has 6 bridgehead atoms. The lowest BCUT2D eigenvalue weighted by Gasteiger charge is -2.25. The maximum atomic E-state index is 13.1. The number of para-hydroxylation sites is 1. The molecule has 0 radical (unpaired) electrons. The van der Waals surface area contributed by atoms with Crippen LogP contribution in [0.25, 0.3) is 89.2 Å². The van der Waals surface area contributed by atoms with Gasteiger partial charge in [-0.25, -0.2) is 19.9 Å². The number of methoxy groups -OCH3 is 1. The molecule has 25 heteroatoms. The van der Waals surface area contributed by atoms with Crippen LogP contribution in [-0.4, -0.2) is 179 Å². The van der Waals surface area contributed by atoms with E-state index >= 15 is 0 Å². The van der Waals surface area contributed by atoms with E-state index in [2.05, 4.69) is 188 Å². The number of H-pyrrole nitrogens is 4. The van der Waals surface area contributed by atoms with Gasteiger partial charge in [0.1, 0.15) is 5.75 Å². The van der Waals surface area contributed by atoms with E-state index < -0.39 is 0 Å². The van der Waals surface area contributed by atoms with Crippen LogP contribution < -0.4 is 4.74 Å². The summed E-state index contributed by atoms with van der Waals surface area (Å²) in [4.78, 5) is 80.1. The number of rotatable bonds is 22. The van der Waals surface area contributed by atoms with E-state index in [-0.39, 0.29) is 17.7 Å². The lowest BCUT2D eigenvalue weighted by molar-refractivity contribution is -0.133. The molecule has 644 valence electrons. The smallest absolute Gasteiger partial charge is 0.254 e. The van der Waals surface area contributed by atoms with E-state index in [0.29, 0.717) is 91.5 Å². The van der Waals surface area contributed by atoms with Crippen molar-refractivity contribution in [2.75, 3.05) is 20.2 Å². The Morgan fingerprint density at radius 3 is 1.23 bits per heavy atom. The fourth-order valence-corrected chi connectivity index (χ4v) is 21.7. The summed E-state index contributed by atoms with van der Waals surface area (Å²) in [6.45, 7) is 5.45. The van der Waals surface area contributed by atoms with E-state index in [1.807, 2.05) is 128 Å². The Kier molecular flexibility index (Phi) is 23.6. The molecule has 7 fully saturated rings. The van der Waals surface area contributed by atoms with Crippen molar-refractivity contribution in [2.45, 2.75) is 172 Å². The van der Waals surface area contributed by atoms with Gasteiger partial charge in [-0.15, -0.1) is 0 Å². The van der Waals surface area contributed by atoms with Crippen LogP contribution in [0.5, 0.6) is 5.75 Å². The molecule has 7 saturated heterocycles. The number of carbonyl (C=O) groups is 4. The summed E-state index contributed by atoms with van der Waals surface area (Å²) in [7, 11) is 1.68. The standard InChI is InChI=1S/C27H31N5O2.C26H27N5O.C25H25N5O.C24H23N5O/c1-34-26-7-3-2-6-21(26)8-11-27(33)31-14-4-5-20(12-15-31)19-32-16-13-24-25(32)10-9-23(30-24)22-17-28-29-18-22;32-26(11-6-18-4-2-1-3-5-18)31-21-7-9-24(31)19(14-21)17-30-13-12-23-25(30)10-8-22(29-23)20-15-27-28-16-20;31-25(12-17-4-2-1-3-5-17)30-20-6-8-23(30)18(13-20)16-29-11-10-22-24(29)9-7-21(28-22)19-14-26-27-15-19;30-24(16-4-2-1-3-5-16)29-19-6-8-22(29)17(12-19)15-28-11-10-21-23(28)9-7-20(27-21)18-13-25-26-14-18/h2-3,6-7,9-10,13,16-18,20H,4-5,8,11-12,14-15,19H2,1H3,(H,28,29);1-5,8,10,12-13,15-16,19,21,24H,6-7,9,11,14,17H2,(H,27,28);1-5,7,9-11,14-15,18,20,23H,6,8,12-13,16H2,(H,26,27);1-5,7,9-11,13-14,17,19,22H,6,8,12,15H2,(H,25,26). The van der Waals surface area contributed by atoms with Crippen LogP contribution in [0.15, 0.2) is 262 Å². The zero-order valence-corrected chi connectivity index (χ0v) is 71.6. The molecule has 23 rings (SSSR count). The van der Waals surface area contributed by atoms with Gasteiger partial charge in [-0.3, -0.25) is 39.6 Å². The Hall–Kier alpha value is -13.8. The van der Waals surface area contributed by atoms with Gasteiger partial charge in [0.05, 0.1) is 105 Å². The van der Waals surface area contributed by atoms with Crippen molar-refractivity contribution in [1.82, 2.24) is 98.6 Å². The lowest BCUT2D eigenvalue weighted by Crippen LogP contribution is -2.38. The first-order valence-corrected chi connectivity index (χ1v) is 45.3. The molecule has 19 heterocycles. The SMILES string of the molecule is COc1ccccc1CCC(=O)N1CCCC(Cn2ccc3nc(-c4cn[nH]c4)ccc32)CC1.O=C(CCc1ccccc1)N1C2CCC1C(Cn1ccc3nc(-c4cn[nH]c4)ccc31)C2.O=C(Cc1ccccc1)N1C2CCC1C(Cn1ccc3nc(-c4cn[nH]c4)ccc31)C2.O=C(c1ccccc1)N1C2CCC1C(Cn1ccc3nc(-c4cn[nH]c4)ccc31)C2. The van der Waals surface area contributed by atoms with Crippen LogP contribution in [-0.2, 0) is 59.8 Å². The molecular formula is C102H106N20O5. The summed E-state index contributed by atoms with van der Waals surface area (Å²) in [5.74, 6) is 3.95. The number of fused-ring (bicyclic) bond motifs is 10. The van der Waals surface area contributed by atoms with Gasteiger partial charge in [0.15, 0.2) is 0 Å². The van der Waals surface area contributed by atoms with Crippen molar-refractivity contribution in [2.24, 2.45) is 23.7 Å². The molecule has 25 nitrogen and oxygen atoms in total. The third-order valence-corrected chi connectivity index (χ3v) is 27.9. The minimum absolute atomic E-state index is 0.189. The molecule has 7 aliphatic heterocycles. The number of hydrogen-bond donors (Lipinski definition) is 4. The van der Waals surface area contributed by atoms with Crippen LogP contribution in [0, 0.1) is 23.7 Å². The summed E-state index contributed by atoms with van der Waals surface area (Å²) >= 11 is 0. The van der Waals surface area contributed by atoms with Gasteiger partial charge in [0, 0.05) is 166 Å². The fraction of sp³-hybridized carbons (Fsp3) is 0.333. The van der Waals surface area contributed by atoms with E-state index in [4.69, 9.17) is 24.7 Å². The highest BCUT2D eigenvalue weighted by atomic mass is 16.5. The number of aryl methyl sites for hydroxylation is 2. The highest BCUT2D eigenvalue weighted by Crippen LogP contribution is 2.47. The number of nitrogens with zero attached hydrogens (tertiary/aromatic N) is 16. The largest absolute Gasteiger partial charge is 0.496 e. The number of aromatic amines is 4. The molecule has 10 unspecified atom stereocenters. The number of likely N-dealkylation sites (tertiary alicyclic amines) is 1. The zero-order valence-electron chi connectivity index (χ0n) is 71.6. The fourth-order valence-electron chi connectivity index (χ4n) is 21.7. The predicted molar refractivity (Wildman–Crippen MR) is 490 cm³/mol. The first kappa shape index (κ1) is 81.5. The Bertz CT molecular complexity index is 6440. The lowest BCUT2D eigenvalue weighted by atomic mass is 9.89. The number of amides is 4. The zero-order chi connectivity index (χ0) is 85.7. The molecule has 16 aromatic rings. The van der Waals surface area contributed by atoms with Crippen LogP contribution in [0.1, 0.15) is 117 Å². The molecule has 4 N–H and O–H groups in total. The molecule has 10 atom stereocenters. The summed E-state index contributed by atoms with van der Waals surface area (Å²) in [5, 5.41) is 27.5. The van der Waals surface area contributed by atoms with Crippen molar-refractivity contribution in [3.8, 4) is 50.8 Å². The molecule has 4 amide bonds. The van der Waals surface area contributed by atoms with E-state index in [1.54, 1.807) is 31.9 Å². The van der Waals surface area contributed by atoms with Gasteiger partial charge in [-0.1, -0.05) is 97.1 Å². The molecule has 12 aromatic heterocycles. The van der Waals surface area contributed by atoms with Crippen molar-refractivity contribution in [1.29, 1.82) is 0 Å². The van der Waals surface area contributed by atoms with Gasteiger partial charge < -0.3 is 42.6 Å². The van der Waals surface area contributed by atoms with Crippen LogP contribution >= 0.6 is 0 Å². The average Bonchev–Trinajstić information content (AvgIpc) is 1.62. The number of benzene rings is 4. The topological polar surface area (TPSA) is 276 Å². The van der Waals surface area contributed by atoms with Gasteiger partial charge in [0.2, 0.25) is 17.7 Å². The van der Waals surface area contributed by atoms with E-state index in [1.165, 1.54) is 5.56 Å². The second-order valence-electron chi connectivity index (χ2n) is 35.4. The average molecular weight is 1690 g/mol. The quantitative estimate of drug-likeness (QED) is 0.0492. The van der Waals surface area contributed by atoms with Crippen LogP contribution in [0.3, 0.4) is 0 Å². The summed E-state index contributed by atoms with van der Waals surface area (Å²) in [6, 6.07) is 65.5. The first-order valence-electron chi connectivity index (χ1n) is 45.3. The summed E-state index contributed by atoms with van der Waals surface area (Å²) in [5.41, 5.74) is 20.5. The molecule has 127 heavy (non-hydrogen) atoms. The van der Waals surface area contributed by atoms with Gasteiger partial charge >= 0.3 is 0 Å². The Morgan fingerprint density at radius 1 is 0.378 bits per heavy atom. The Labute approximate surface area is 737 Å². The number of hydrogen-bond acceptors (Lipinski definition) is 13. The molecule has 7 aliphatic rings. The normalized spacial score (nSPS) is 20.9. The number of carbonyl (C=O) groups excluding carboxylic acids is 4. The van der Waals surface area contributed by atoms with Crippen molar-refractivity contribution < 1.29 is 23.9 Å². The first-order chi connectivity index (χ1) is 62.5. The summed E-state index contributed by atoms with van der Waals surface area (Å²) < 4.78 is 14.7. The second kappa shape index (κ2) is 36.8.